The van der Waals surface area contributed by atoms with Gasteiger partial charge in [-0.15, -0.1) is 0 Å². The third-order valence-corrected chi connectivity index (χ3v) is 4.09. The lowest BCUT2D eigenvalue weighted by Crippen LogP contribution is -2.04. The molecule has 1 aliphatic heterocycles. The van der Waals surface area contributed by atoms with Crippen molar-refractivity contribution < 1.29 is 4.39 Å². The van der Waals surface area contributed by atoms with E-state index in [1.54, 1.807) is 12.1 Å². The lowest BCUT2D eigenvalue weighted by Gasteiger charge is -2.06. The zero-order valence-electron chi connectivity index (χ0n) is 13.4. The lowest BCUT2D eigenvalue weighted by molar-refractivity contribution is 0.628. The highest BCUT2D eigenvalue weighted by Gasteiger charge is 2.19. The van der Waals surface area contributed by atoms with Crippen LogP contribution in [0.1, 0.15) is 18.1 Å². The highest BCUT2D eigenvalue weighted by molar-refractivity contribution is 6.31. The van der Waals surface area contributed by atoms with E-state index in [1.807, 2.05) is 37.3 Å². The van der Waals surface area contributed by atoms with Crippen molar-refractivity contribution in [2.75, 3.05) is 5.32 Å². The SMILES string of the molecule is CC1=Nc2ccccc2C1=Cc1c(Nc2ccc(F)cc2)[nH][nH]c1=O. The van der Waals surface area contributed by atoms with Gasteiger partial charge in [-0.05, 0) is 43.3 Å². The first-order valence-corrected chi connectivity index (χ1v) is 7.82. The fraction of sp³-hybridized carbons (Fsp3) is 0.0526. The molecule has 0 amide bonds. The molecule has 1 aliphatic rings. The number of nitrogens with zero attached hydrogens (tertiary/aromatic N) is 1. The molecule has 0 aliphatic carbocycles. The number of benzene rings is 2. The second-order valence-electron chi connectivity index (χ2n) is 5.77. The average Bonchev–Trinajstić information content (AvgIpc) is 3.11. The van der Waals surface area contributed by atoms with Crippen molar-refractivity contribution in [3.63, 3.8) is 0 Å². The summed E-state index contributed by atoms with van der Waals surface area (Å²) >= 11 is 0. The van der Waals surface area contributed by atoms with Crippen LogP contribution in [0.3, 0.4) is 0 Å². The maximum atomic E-state index is 13.0. The van der Waals surface area contributed by atoms with Crippen LogP contribution in [0.5, 0.6) is 0 Å². The van der Waals surface area contributed by atoms with Gasteiger partial charge in [-0.25, -0.2) is 4.39 Å². The Morgan fingerprint density at radius 1 is 1.08 bits per heavy atom. The predicted molar refractivity (Wildman–Crippen MR) is 98.2 cm³/mol. The Morgan fingerprint density at radius 2 is 1.84 bits per heavy atom. The molecule has 0 saturated heterocycles. The molecular weight excluding hydrogens is 319 g/mol. The normalized spacial score (nSPS) is 14.5. The molecule has 3 aromatic rings. The summed E-state index contributed by atoms with van der Waals surface area (Å²) in [5, 5.41) is 8.50. The molecule has 5 nitrogen and oxygen atoms in total. The number of aromatic amines is 2. The summed E-state index contributed by atoms with van der Waals surface area (Å²) < 4.78 is 13.0. The Balaban J connectivity index is 1.75. The topological polar surface area (TPSA) is 73.0 Å². The molecule has 0 atom stereocenters. The number of fused-ring (bicyclic) bond motifs is 1. The van der Waals surface area contributed by atoms with Gasteiger partial charge in [0.25, 0.3) is 5.56 Å². The van der Waals surface area contributed by atoms with E-state index in [0.29, 0.717) is 17.1 Å². The standard InChI is InChI=1S/C19H15FN4O/c1-11-15(14-4-2-3-5-17(14)21-11)10-16-18(23-24-19(16)25)22-13-8-6-12(20)7-9-13/h2-10H,1H3,(H3,22,23,24,25). The number of allylic oxidation sites excluding steroid dienone is 1. The van der Waals surface area contributed by atoms with E-state index >= 15 is 0 Å². The summed E-state index contributed by atoms with van der Waals surface area (Å²) in [7, 11) is 0. The molecule has 0 saturated carbocycles. The second-order valence-corrected chi connectivity index (χ2v) is 5.77. The molecule has 0 unspecified atom stereocenters. The number of nitrogens with one attached hydrogen (secondary N) is 3. The number of aromatic nitrogens is 2. The Hall–Kier alpha value is -3.41. The number of anilines is 2. The Kier molecular flexibility index (Phi) is 3.57. The average molecular weight is 334 g/mol. The van der Waals surface area contributed by atoms with E-state index in [1.165, 1.54) is 12.1 Å². The highest BCUT2D eigenvalue weighted by Crippen LogP contribution is 2.35. The molecule has 2 aromatic carbocycles. The van der Waals surface area contributed by atoms with Crippen molar-refractivity contribution in [2.45, 2.75) is 6.92 Å². The minimum atomic E-state index is -0.315. The van der Waals surface area contributed by atoms with Gasteiger partial charge in [0, 0.05) is 22.5 Å². The van der Waals surface area contributed by atoms with Crippen LogP contribution in [-0.2, 0) is 0 Å². The quantitative estimate of drug-likeness (QED) is 0.670. The monoisotopic (exact) mass is 334 g/mol. The van der Waals surface area contributed by atoms with Gasteiger partial charge in [0.05, 0.1) is 11.3 Å². The number of halogens is 1. The smallest absolute Gasteiger partial charge is 0.273 e. The molecule has 1 aromatic heterocycles. The van der Waals surface area contributed by atoms with Gasteiger partial charge in [-0.2, -0.15) is 0 Å². The van der Waals surface area contributed by atoms with Crippen LogP contribution in [0.25, 0.3) is 11.6 Å². The molecule has 0 fully saturated rings. The van der Waals surface area contributed by atoms with Gasteiger partial charge < -0.3 is 5.32 Å². The van der Waals surface area contributed by atoms with Gasteiger partial charge in [0.2, 0.25) is 0 Å². The summed E-state index contributed by atoms with van der Waals surface area (Å²) in [6.45, 7) is 1.92. The number of rotatable bonds is 3. The molecule has 2 heterocycles. The van der Waals surface area contributed by atoms with E-state index in [4.69, 9.17) is 0 Å². The zero-order chi connectivity index (χ0) is 17.4. The van der Waals surface area contributed by atoms with Gasteiger partial charge >= 0.3 is 0 Å². The molecule has 0 radical (unpaired) electrons. The van der Waals surface area contributed by atoms with E-state index in [2.05, 4.69) is 20.5 Å². The van der Waals surface area contributed by atoms with Crippen LogP contribution < -0.4 is 10.9 Å². The van der Waals surface area contributed by atoms with Crippen molar-refractivity contribution in [2.24, 2.45) is 4.99 Å². The van der Waals surface area contributed by atoms with Crippen LogP contribution >= 0.6 is 0 Å². The van der Waals surface area contributed by atoms with Crippen LogP contribution in [0, 0.1) is 5.82 Å². The first kappa shape index (κ1) is 15.1. The van der Waals surface area contributed by atoms with Crippen molar-refractivity contribution in [3.05, 3.63) is 75.8 Å². The number of H-pyrrole nitrogens is 2. The maximum Gasteiger partial charge on any atom is 0.273 e. The van der Waals surface area contributed by atoms with Crippen LogP contribution in [0.2, 0.25) is 0 Å². The summed E-state index contributed by atoms with van der Waals surface area (Å²) in [6, 6.07) is 13.7. The first-order valence-electron chi connectivity index (χ1n) is 7.82. The summed E-state index contributed by atoms with van der Waals surface area (Å²) in [6.07, 6.45) is 1.81. The summed E-state index contributed by atoms with van der Waals surface area (Å²) in [4.78, 5) is 16.8. The van der Waals surface area contributed by atoms with Crippen LogP contribution in [0.4, 0.5) is 21.6 Å². The number of hydrogen-bond donors (Lipinski definition) is 3. The lowest BCUT2D eigenvalue weighted by atomic mass is 10.0. The Morgan fingerprint density at radius 3 is 2.64 bits per heavy atom. The maximum absolute atomic E-state index is 13.0. The molecular formula is C19H15FN4O. The van der Waals surface area contributed by atoms with Crippen LogP contribution in [-0.4, -0.2) is 15.9 Å². The van der Waals surface area contributed by atoms with E-state index < -0.39 is 0 Å². The molecule has 6 heteroatoms. The van der Waals surface area contributed by atoms with Crippen molar-refractivity contribution in [3.8, 4) is 0 Å². The van der Waals surface area contributed by atoms with Gasteiger partial charge in [0.15, 0.2) is 0 Å². The summed E-state index contributed by atoms with van der Waals surface area (Å²) in [5.41, 5.74) is 4.55. The molecule has 124 valence electrons. The Bertz CT molecular complexity index is 1060. The van der Waals surface area contributed by atoms with E-state index in [0.717, 1.165) is 22.5 Å². The number of hydrogen-bond acceptors (Lipinski definition) is 3. The van der Waals surface area contributed by atoms with Crippen molar-refractivity contribution >= 4 is 34.6 Å². The fourth-order valence-electron chi connectivity index (χ4n) is 2.84. The largest absolute Gasteiger partial charge is 0.340 e. The molecule has 25 heavy (non-hydrogen) atoms. The van der Waals surface area contributed by atoms with Gasteiger partial charge in [-0.1, -0.05) is 18.2 Å². The van der Waals surface area contributed by atoms with Crippen molar-refractivity contribution in [1.82, 2.24) is 10.2 Å². The zero-order valence-corrected chi connectivity index (χ0v) is 13.4. The van der Waals surface area contributed by atoms with Gasteiger partial charge in [0.1, 0.15) is 11.6 Å². The fourth-order valence-corrected chi connectivity index (χ4v) is 2.84. The summed E-state index contributed by atoms with van der Waals surface area (Å²) in [5.74, 6) is 0.200. The third kappa shape index (κ3) is 2.78. The van der Waals surface area contributed by atoms with Crippen molar-refractivity contribution in [1.29, 1.82) is 0 Å². The number of aliphatic imine (C=N–C) groups is 1. The van der Waals surface area contributed by atoms with E-state index in [9.17, 15) is 9.18 Å². The molecule has 0 bridgehead atoms. The first-order chi connectivity index (χ1) is 12.1. The van der Waals surface area contributed by atoms with Crippen LogP contribution in [0.15, 0.2) is 58.3 Å². The molecule has 0 spiro atoms. The predicted octanol–water partition coefficient (Wildman–Crippen LogP) is 4.23. The minimum Gasteiger partial charge on any atom is -0.340 e. The number of para-hydroxylation sites is 1. The van der Waals surface area contributed by atoms with E-state index in [-0.39, 0.29) is 11.4 Å². The molecule has 4 rings (SSSR count). The minimum absolute atomic E-state index is 0.241. The highest BCUT2D eigenvalue weighted by atomic mass is 19.1. The Labute approximate surface area is 142 Å². The second kappa shape index (κ2) is 5.90. The molecule has 3 N–H and O–H groups in total. The third-order valence-electron chi connectivity index (χ3n) is 4.09. The van der Waals surface area contributed by atoms with Gasteiger partial charge in [-0.3, -0.25) is 20.0 Å².